The van der Waals surface area contributed by atoms with E-state index in [0.717, 1.165) is 17.1 Å². The fourth-order valence-corrected chi connectivity index (χ4v) is 1.80. The lowest BCUT2D eigenvalue weighted by atomic mass is 10.0. The highest BCUT2D eigenvalue weighted by Crippen LogP contribution is 2.16. The summed E-state index contributed by atoms with van der Waals surface area (Å²) in [6.45, 7) is 0. The van der Waals surface area contributed by atoms with E-state index >= 15 is 0 Å². The standard InChI is InChI=1S/C14H14ClN/c1-16-14-4-2-3-12(10-14)9-11-5-7-13(15)8-6-11/h2-8,10,16H,9H2,1H3. The Morgan fingerprint density at radius 1 is 1.00 bits per heavy atom. The quantitative estimate of drug-likeness (QED) is 0.843. The molecule has 2 heteroatoms. The molecule has 2 aromatic rings. The van der Waals surface area contributed by atoms with Crippen LogP contribution in [-0.4, -0.2) is 7.05 Å². The van der Waals surface area contributed by atoms with Crippen molar-refractivity contribution in [3.63, 3.8) is 0 Å². The van der Waals surface area contributed by atoms with Gasteiger partial charge in [-0.1, -0.05) is 35.9 Å². The second-order valence-electron chi connectivity index (χ2n) is 3.75. The minimum absolute atomic E-state index is 0.785. The van der Waals surface area contributed by atoms with E-state index in [2.05, 4.69) is 41.7 Å². The Balaban J connectivity index is 2.16. The van der Waals surface area contributed by atoms with E-state index in [9.17, 15) is 0 Å². The average Bonchev–Trinajstić information content (AvgIpc) is 2.32. The molecule has 1 N–H and O–H groups in total. The summed E-state index contributed by atoms with van der Waals surface area (Å²) < 4.78 is 0. The summed E-state index contributed by atoms with van der Waals surface area (Å²) in [4.78, 5) is 0. The summed E-state index contributed by atoms with van der Waals surface area (Å²) in [5.74, 6) is 0. The highest BCUT2D eigenvalue weighted by molar-refractivity contribution is 6.30. The van der Waals surface area contributed by atoms with E-state index in [1.807, 2.05) is 19.2 Å². The van der Waals surface area contributed by atoms with Crippen LogP contribution in [0.1, 0.15) is 11.1 Å². The van der Waals surface area contributed by atoms with E-state index in [4.69, 9.17) is 11.6 Å². The van der Waals surface area contributed by atoms with Crippen LogP contribution in [0, 0.1) is 0 Å². The topological polar surface area (TPSA) is 12.0 Å². The van der Waals surface area contributed by atoms with Crippen molar-refractivity contribution >= 4 is 17.3 Å². The molecule has 82 valence electrons. The third-order valence-corrected chi connectivity index (χ3v) is 2.79. The summed E-state index contributed by atoms with van der Waals surface area (Å²) >= 11 is 5.85. The Hall–Kier alpha value is -1.47. The van der Waals surface area contributed by atoms with Crippen molar-refractivity contribution in [2.75, 3.05) is 12.4 Å². The van der Waals surface area contributed by atoms with Gasteiger partial charge in [-0.3, -0.25) is 0 Å². The monoisotopic (exact) mass is 231 g/mol. The minimum Gasteiger partial charge on any atom is -0.388 e. The SMILES string of the molecule is CNc1cccc(Cc2ccc(Cl)cc2)c1. The first kappa shape index (κ1) is 11.0. The molecule has 0 aliphatic carbocycles. The minimum atomic E-state index is 0.785. The lowest BCUT2D eigenvalue weighted by Gasteiger charge is -2.05. The normalized spacial score (nSPS) is 10.1. The number of nitrogens with one attached hydrogen (secondary N) is 1. The van der Waals surface area contributed by atoms with Gasteiger partial charge in [0.25, 0.3) is 0 Å². The second-order valence-corrected chi connectivity index (χ2v) is 4.19. The van der Waals surface area contributed by atoms with E-state index in [1.54, 1.807) is 0 Å². The van der Waals surface area contributed by atoms with Crippen molar-refractivity contribution in [3.8, 4) is 0 Å². The van der Waals surface area contributed by atoms with Gasteiger partial charge in [0.15, 0.2) is 0 Å². The molecule has 2 aromatic carbocycles. The van der Waals surface area contributed by atoms with Crippen LogP contribution >= 0.6 is 11.6 Å². The van der Waals surface area contributed by atoms with Crippen molar-refractivity contribution in [1.82, 2.24) is 0 Å². The number of anilines is 1. The second kappa shape index (κ2) is 5.04. The Bertz CT molecular complexity index is 462. The Labute approximate surface area is 101 Å². The molecule has 0 spiro atoms. The number of hydrogen-bond acceptors (Lipinski definition) is 1. The summed E-state index contributed by atoms with van der Waals surface area (Å²) in [5.41, 5.74) is 3.72. The van der Waals surface area contributed by atoms with Gasteiger partial charge in [-0.2, -0.15) is 0 Å². The lowest BCUT2D eigenvalue weighted by Crippen LogP contribution is -1.91. The smallest absolute Gasteiger partial charge is 0.0406 e. The van der Waals surface area contributed by atoms with Crippen LogP contribution in [0.15, 0.2) is 48.5 Å². The van der Waals surface area contributed by atoms with Gasteiger partial charge in [0.2, 0.25) is 0 Å². The van der Waals surface area contributed by atoms with Gasteiger partial charge in [-0.05, 0) is 41.8 Å². The molecule has 0 radical (unpaired) electrons. The lowest BCUT2D eigenvalue weighted by molar-refractivity contribution is 1.19. The Kier molecular flexibility index (Phi) is 3.47. The van der Waals surface area contributed by atoms with Crippen molar-refractivity contribution in [1.29, 1.82) is 0 Å². The summed E-state index contributed by atoms with van der Waals surface area (Å²) in [6.07, 6.45) is 0.937. The first-order chi connectivity index (χ1) is 7.78. The zero-order valence-electron chi connectivity index (χ0n) is 9.20. The van der Waals surface area contributed by atoms with Crippen molar-refractivity contribution in [3.05, 3.63) is 64.7 Å². The van der Waals surface area contributed by atoms with Gasteiger partial charge in [0.05, 0.1) is 0 Å². The van der Waals surface area contributed by atoms with Crippen LogP contribution in [-0.2, 0) is 6.42 Å². The van der Waals surface area contributed by atoms with Crippen molar-refractivity contribution in [2.45, 2.75) is 6.42 Å². The fourth-order valence-electron chi connectivity index (χ4n) is 1.67. The molecule has 0 saturated carbocycles. The van der Waals surface area contributed by atoms with Gasteiger partial charge in [-0.15, -0.1) is 0 Å². The van der Waals surface area contributed by atoms with Crippen LogP contribution in [0.4, 0.5) is 5.69 Å². The first-order valence-corrected chi connectivity index (χ1v) is 5.67. The molecule has 0 saturated heterocycles. The van der Waals surface area contributed by atoms with Crippen LogP contribution in [0.5, 0.6) is 0 Å². The van der Waals surface area contributed by atoms with Crippen LogP contribution in [0.25, 0.3) is 0 Å². The molecule has 0 bridgehead atoms. The van der Waals surface area contributed by atoms with Crippen LogP contribution in [0.2, 0.25) is 5.02 Å². The molecule has 2 rings (SSSR count). The molecule has 1 nitrogen and oxygen atoms in total. The summed E-state index contributed by atoms with van der Waals surface area (Å²) in [7, 11) is 1.93. The predicted molar refractivity (Wildman–Crippen MR) is 70.2 cm³/mol. The van der Waals surface area contributed by atoms with Crippen LogP contribution in [0.3, 0.4) is 0 Å². The summed E-state index contributed by atoms with van der Waals surface area (Å²) in [6, 6.07) is 16.4. The van der Waals surface area contributed by atoms with E-state index in [-0.39, 0.29) is 0 Å². The molecule has 0 aromatic heterocycles. The largest absolute Gasteiger partial charge is 0.388 e. The van der Waals surface area contributed by atoms with Crippen LogP contribution < -0.4 is 5.32 Å². The molecule has 0 unspecified atom stereocenters. The number of hydrogen-bond donors (Lipinski definition) is 1. The highest BCUT2D eigenvalue weighted by atomic mass is 35.5. The Morgan fingerprint density at radius 3 is 2.44 bits per heavy atom. The zero-order valence-corrected chi connectivity index (χ0v) is 9.96. The van der Waals surface area contributed by atoms with Crippen molar-refractivity contribution in [2.24, 2.45) is 0 Å². The van der Waals surface area contributed by atoms with E-state index in [1.165, 1.54) is 11.1 Å². The molecule has 0 aliphatic heterocycles. The average molecular weight is 232 g/mol. The summed E-state index contributed by atoms with van der Waals surface area (Å²) in [5, 5.41) is 3.93. The van der Waals surface area contributed by atoms with Gasteiger partial charge in [-0.25, -0.2) is 0 Å². The maximum atomic E-state index is 5.85. The van der Waals surface area contributed by atoms with E-state index < -0.39 is 0 Å². The predicted octanol–water partition coefficient (Wildman–Crippen LogP) is 3.97. The van der Waals surface area contributed by atoms with Gasteiger partial charge in [0, 0.05) is 17.8 Å². The number of rotatable bonds is 3. The Morgan fingerprint density at radius 2 is 1.75 bits per heavy atom. The zero-order chi connectivity index (χ0) is 11.4. The first-order valence-electron chi connectivity index (χ1n) is 5.29. The molecule has 0 atom stereocenters. The third-order valence-electron chi connectivity index (χ3n) is 2.54. The molecule has 0 heterocycles. The number of benzene rings is 2. The third kappa shape index (κ3) is 2.77. The van der Waals surface area contributed by atoms with Gasteiger partial charge >= 0.3 is 0 Å². The number of halogens is 1. The van der Waals surface area contributed by atoms with Gasteiger partial charge in [0.1, 0.15) is 0 Å². The molecule has 0 fully saturated rings. The van der Waals surface area contributed by atoms with Crippen molar-refractivity contribution < 1.29 is 0 Å². The molecular weight excluding hydrogens is 218 g/mol. The molecule has 0 amide bonds. The molecular formula is C14H14ClN. The van der Waals surface area contributed by atoms with E-state index in [0.29, 0.717) is 0 Å². The maximum Gasteiger partial charge on any atom is 0.0406 e. The fraction of sp³-hybridized carbons (Fsp3) is 0.143. The maximum absolute atomic E-state index is 5.85. The molecule has 0 aliphatic rings. The highest BCUT2D eigenvalue weighted by Gasteiger charge is 1.97. The molecule has 16 heavy (non-hydrogen) atoms. The van der Waals surface area contributed by atoms with Gasteiger partial charge < -0.3 is 5.32 Å².